The second-order valence-corrected chi connectivity index (χ2v) is 9.95. The van der Waals surface area contributed by atoms with Crippen LogP contribution in [-0.4, -0.2) is 59.0 Å². The van der Waals surface area contributed by atoms with Gasteiger partial charge < -0.3 is 9.64 Å². The minimum atomic E-state index is 0.143. The number of amides is 1. The smallest absolute Gasteiger partial charge is 0.264 e. The minimum absolute atomic E-state index is 0.143. The van der Waals surface area contributed by atoms with Gasteiger partial charge in [0, 0.05) is 44.0 Å². The van der Waals surface area contributed by atoms with Crippen LogP contribution in [0.1, 0.15) is 57.5 Å². The average Bonchev–Trinajstić information content (AvgIpc) is 3.61. The highest BCUT2D eigenvalue weighted by Gasteiger charge is 2.29. The van der Waals surface area contributed by atoms with E-state index in [2.05, 4.69) is 17.0 Å². The fraction of sp³-hybridized carbons (Fsp3) is 0.480. The predicted molar refractivity (Wildman–Crippen MR) is 128 cm³/mol. The van der Waals surface area contributed by atoms with E-state index in [4.69, 9.17) is 14.7 Å². The first kappa shape index (κ1) is 21.3. The van der Waals surface area contributed by atoms with Crippen molar-refractivity contribution in [2.45, 2.75) is 45.6 Å². The zero-order valence-electron chi connectivity index (χ0n) is 19.1. The number of aromatic nitrogens is 2. The number of thiophene rings is 1. The number of hydrogen-bond acceptors (Lipinski definition) is 6. The molecule has 6 nitrogen and oxygen atoms in total. The molecule has 3 aromatic rings. The van der Waals surface area contributed by atoms with Crippen LogP contribution in [-0.2, 0) is 6.54 Å². The number of nitrogens with zero attached hydrogens (tertiary/aromatic N) is 4. The molecule has 0 unspecified atom stereocenters. The number of aryl methyl sites for hydroxylation is 2. The summed E-state index contributed by atoms with van der Waals surface area (Å²) < 4.78 is 5.26. The van der Waals surface area contributed by atoms with Crippen LogP contribution in [0.15, 0.2) is 24.3 Å². The van der Waals surface area contributed by atoms with Crippen LogP contribution in [0.25, 0.3) is 10.2 Å². The fourth-order valence-corrected chi connectivity index (χ4v) is 5.76. The monoisotopic (exact) mass is 450 g/mol. The first-order chi connectivity index (χ1) is 15.5. The van der Waals surface area contributed by atoms with Crippen LogP contribution in [0.3, 0.4) is 0 Å². The molecule has 1 aromatic carbocycles. The Morgan fingerprint density at radius 3 is 2.59 bits per heavy atom. The SMILES string of the molecule is COc1ccc(CN2CCCN(C(=O)c3sc4nc(C5CC5)nc(C)c4c3C)CC2)cc1. The number of methoxy groups -OCH3 is 1. The number of ether oxygens (including phenoxy) is 1. The highest BCUT2D eigenvalue weighted by molar-refractivity contribution is 7.20. The lowest BCUT2D eigenvalue weighted by atomic mass is 10.1. The molecule has 32 heavy (non-hydrogen) atoms. The maximum absolute atomic E-state index is 13.5. The average molecular weight is 451 g/mol. The molecular weight excluding hydrogens is 420 g/mol. The maximum atomic E-state index is 13.5. The summed E-state index contributed by atoms with van der Waals surface area (Å²) in [6.45, 7) is 8.42. The molecule has 2 fully saturated rings. The molecule has 168 valence electrons. The zero-order chi connectivity index (χ0) is 22.2. The van der Waals surface area contributed by atoms with E-state index < -0.39 is 0 Å². The molecular formula is C25H30N4O2S. The summed E-state index contributed by atoms with van der Waals surface area (Å²) in [6.07, 6.45) is 3.35. The van der Waals surface area contributed by atoms with Crippen molar-refractivity contribution < 1.29 is 9.53 Å². The van der Waals surface area contributed by atoms with E-state index in [0.717, 1.165) is 77.1 Å². The van der Waals surface area contributed by atoms with Gasteiger partial charge in [-0.3, -0.25) is 9.69 Å². The van der Waals surface area contributed by atoms with Crippen molar-refractivity contribution in [1.29, 1.82) is 0 Å². The van der Waals surface area contributed by atoms with Crippen molar-refractivity contribution in [2.24, 2.45) is 0 Å². The first-order valence-electron chi connectivity index (χ1n) is 11.5. The Kier molecular flexibility index (Phi) is 5.86. The fourth-order valence-electron chi connectivity index (χ4n) is 4.55. The zero-order valence-corrected chi connectivity index (χ0v) is 19.9. The summed E-state index contributed by atoms with van der Waals surface area (Å²) in [4.78, 5) is 29.3. The molecule has 0 atom stereocenters. The molecule has 0 radical (unpaired) electrons. The van der Waals surface area contributed by atoms with Gasteiger partial charge in [0.05, 0.1) is 17.7 Å². The largest absolute Gasteiger partial charge is 0.497 e. The Hall–Kier alpha value is -2.51. The third kappa shape index (κ3) is 4.24. The van der Waals surface area contributed by atoms with E-state index >= 15 is 0 Å². The lowest BCUT2D eigenvalue weighted by molar-refractivity contribution is 0.0765. The second kappa shape index (κ2) is 8.79. The molecule has 0 N–H and O–H groups in total. The van der Waals surface area contributed by atoms with Gasteiger partial charge in [-0.1, -0.05) is 12.1 Å². The molecule has 7 heteroatoms. The van der Waals surface area contributed by atoms with Gasteiger partial charge in [0.15, 0.2) is 0 Å². The van der Waals surface area contributed by atoms with Crippen molar-refractivity contribution >= 4 is 27.5 Å². The summed E-state index contributed by atoms with van der Waals surface area (Å²) in [5, 5.41) is 1.07. The summed E-state index contributed by atoms with van der Waals surface area (Å²) in [5.41, 5.74) is 3.31. The van der Waals surface area contributed by atoms with Gasteiger partial charge in [-0.25, -0.2) is 9.97 Å². The van der Waals surface area contributed by atoms with Gasteiger partial charge in [0.25, 0.3) is 5.91 Å². The Balaban J connectivity index is 1.29. The van der Waals surface area contributed by atoms with Gasteiger partial charge in [-0.05, 0) is 56.4 Å². The van der Waals surface area contributed by atoms with Gasteiger partial charge >= 0.3 is 0 Å². The van der Waals surface area contributed by atoms with E-state index in [1.54, 1.807) is 18.4 Å². The predicted octanol–water partition coefficient (Wildman–Crippen LogP) is 4.54. The summed E-state index contributed by atoms with van der Waals surface area (Å²) >= 11 is 1.55. The standard InChI is InChI=1S/C25H30N4O2S/c1-16-21-17(2)26-23(19-7-8-19)27-24(21)32-22(16)25(30)29-12-4-11-28(13-14-29)15-18-5-9-20(31-3)10-6-18/h5-6,9-10,19H,4,7-8,11-15H2,1-3H3. The highest BCUT2D eigenvalue weighted by atomic mass is 32.1. The molecule has 0 spiro atoms. The second-order valence-electron chi connectivity index (χ2n) is 8.95. The van der Waals surface area contributed by atoms with Crippen molar-refractivity contribution in [3.63, 3.8) is 0 Å². The van der Waals surface area contributed by atoms with Crippen LogP contribution >= 0.6 is 11.3 Å². The first-order valence-corrected chi connectivity index (χ1v) is 12.3. The van der Waals surface area contributed by atoms with Crippen molar-refractivity contribution in [3.05, 3.63) is 51.8 Å². The summed E-state index contributed by atoms with van der Waals surface area (Å²) in [6, 6.07) is 8.25. The number of fused-ring (bicyclic) bond motifs is 1. The Morgan fingerprint density at radius 2 is 1.88 bits per heavy atom. The van der Waals surface area contributed by atoms with Crippen LogP contribution < -0.4 is 4.74 Å². The molecule has 5 rings (SSSR count). The van der Waals surface area contributed by atoms with E-state index in [1.807, 2.05) is 30.9 Å². The maximum Gasteiger partial charge on any atom is 0.264 e. The number of hydrogen-bond donors (Lipinski definition) is 0. The highest BCUT2D eigenvalue weighted by Crippen LogP contribution is 2.40. The molecule has 1 aliphatic heterocycles. The van der Waals surface area contributed by atoms with Gasteiger partial charge in [-0.2, -0.15) is 0 Å². The molecule has 1 amide bonds. The Bertz CT molecular complexity index is 1140. The Labute approximate surface area is 193 Å². The molecule has 1 aliphatic carbocycles. The normalized spacial score (nSPS) is 17.5. The lowest BCUT2D eigenvalue weighted by Crippen LogP contribution is -2.35. The lowest BCUT2D eigenvalue weighted by Gasteiger charge is -2.22. The third-order valence-corrected chi connectivity index (χ3v) is 7.74. The van der Waals surface area contributed by atoms with Crippen molar-refractivity contribution in [3.8, 4) is 5.75 Å². The number of benzene rings is 1. The van der Waals surface area contributed by atoms with E-state index in [-0.39, 0.29) is 5.91 Å². The number of carbonyl (C=O) groups is 1. The number of carbonyl (C=O) groups excluding carboxylic acids is 1. The van der Waals surface area contributed by atoms with E-state index in [1.165, 1.54) is 18.4 Å². The van der Waals surface area contributed by atoms with Crippen LogP contribution in [0.5, 0.6) is 5.75 Å². The van der Waals surface area contributed by atoms with E-state index in [0.29, 0.717) is 5.92 Å². The minimum Gasteiger partial charge on any atom is -0.497 e. The summed E-state index contributed by atoms with van der Waals surface area (Å²) in [7, 11) is 1.69. The molecule has 2 aromatic heterocycles. The summed E-state index contributed by atoms with van der Waals surface area (Å²) in [5.74, 6) is 2.49. The van der Waals surface area contributed by atoms with Crippen molar-refractivity contribution in [1.82, 2.24) is 19.8 Å². The van der Waals surface area contributed by atoms with Crippen molar-refractivity contribution in [2.75, 3.05) is 33.3 Å². The molecule has 0 bridgehead atoms. The van der Waals surface area contributed by atoms with E-state index in [9.17, 15) is 4.79 Å². The quantitative estimate of drug-likeness (QED) is 0.571. The molecule has 2 aliphatic rings. The van der Waals surface area contributed by atoms with Gasteiger partial charge in [0.1, 0.15) is 16.4 Å². The van der Waals surface area contributed by atoms with Gasteiger partial charge in [-0.15, -0.1) is 11.3 Å². The third-order valence-electron chi connectivity index (χ3n) is 6.57. The van der Waals surface area contributed by atoms with Crippen LogP contribution in [0, 0.1) is 13.8 Å². The number of rotatable bonds is 5. The van der Waals surface area contributed by atoms with Crippen LogP contribution in [0.2, 0.25) is 0 Å². The van der Waals surface area contributed by atoms with Gasteiger partial charge in [0.2, 0.25) is 0 Å². The topological polar surface area (TPSA) is 58.6 Å². The molecule has 1 saturated heterocycles. The van der Waals surface area contributed by atoms with Crippen LogP contribution in [0.4, 0.5) is 0 Å². The Morgan fingerprint density at radius 1 is 1.09 bits per heavy atom. The molecule has 3 heterocycles. The molecule has 1 saturated carbocycles.